The molecule has 7 heteroatoms. The molecule has 1 heterocycles. The second-order valence-electron chi connectivity index (χ2n) is 9.71. The van der Waals surface area contributed by atoms with E-state index in [4.69, 9.17) is 9.47 Å². The van der Waals surface area contributed by atoms with Crippen molar-refractivity contribution in [2.24, 2.45) is 17.3 Å². The maximum Gasteiger partial charge on any atom is 0.408 e. The van der Waals surface area contributed by atoms with Gasteiger partial charge < -0.3 is 19.7 Å². The molecule has 1 saturated heterocycles. The van der Waals surface area contributed by atoms with Gasteiger partial charge in [0.2, 0.25) is 5.91 Å². The molecular formula is C20H36N2O5. The molecule has 27 heavy (non-hydrogen) atoms. The zero-order valence-corrected chi connectivity index (χ0v) is 18.2. The van der Waals surface area contributed by atoms with Crippen molar-refractivity contribution in [3.8, 4) is 0 Å². The monoisotopic (exact) mass is 384 g/mol. The Morgan fingerprint density at radius 3 is 2.04 bits per heavy atom. The van der Waals surface area contributed by atoms with Crippen LogP contribution in [0.3, 0.4) is 0 Å². The number of carbonyl (C=O) groups is 3. The van der Waals surface area contributed by atoms with Crippen molar-refractivity contribution >= 4 is 18.0 Å². The second kappa shape index (κ2) is 8.48. The Morgan fingerprint density at radius 1 is 1.07 bits per heavy atom. The van der Waals surface area contributed by atoms with Crippen molar-refractivity contribution in [2.45, 2.75) is 79.5 Å². The van der Waals surface area contributed by atoms with Crippen LogP contribution in [0.5, 0.6) is 0 Å². The number of nitrogens with zero attached hydrogens (tertiary/aromatic N) is 1. The first-order chi connectivity index (χ1) is 12.2. The fourth-order valence-corrected chi connectivity index (χ4v) is 3.19. The van der Waals surface area contributed by atoms with E-state index in [1.807, 2.05) is 20.8 Å². The summed E-state index contributed by atoms with van der Waals surface area (Å²) in [6.07, 6.45) is -0.0793. The van der Waals surface area contributed by atoms with Crippen LogP contribution in [0, 0.1) is 17.3 Å². The number of nitrogens with one attached hydrogen (secondary N) is 1. The smallest absolute Gasteiger partial charge is 0.408 e. The molecule has 156 valence electrons. The lowest BCUT2D eigenvalue weighted by atomic mass is 9.85. The first-order valence-corrected chi connectivity index (χ1v) is 9.55. The summed E-state index contributed by atoms with van der Waals surface area (Å²) in [6.45, 7) is 15.5. The molecule has 0 bridgehead atoms. The van der Waals surface area contributed by atoms with Crippen molar-refractivity contribution < 1.29 is 23.9 Å². The summed E-state index contributed by atoms with van der Waals surface area (Å²) in [5, 5.41) is 2.71. The van der Waals surface area contributed by atoms with Crippen LogP contribution in [0.2, 0.25) is 0 Å². The van der Waals surface area contributed by atoms with Gasteiger partial charge in [-0.3, -0.25) is 4.79 Å². The molecule has 0 aromatic heterocycles. The largest absolute Gasteiger partial charge is 0.467 e. The molecule has 0 saturated carbocycles. The lowest BCUT2D eigenvalue weighted by molar-refractivity contribution is -0.152. The topological polar surface area (TPSA) is 84.9 Å². The van der Waals surface area contributed by atoms with Crippen molar-refractivity contribution in [1.82, 2.24) is 10.2 Å². The lowest BCUT2D eigenvalue weighted by Gasteiger charge is -2.35. The summed E-state index contributed by atoms with van der Waals surface area (Å²) in [5.74, 6) is -0.162. The van der Waals surface area contributed by atoms with Gasteiger partial charge in [-0.2, -0.15) is 0 Å². The molecule has 2 unspecified atom stereocenters. The van der Waals surface area contributed by atoms with E-state index < -0.39 is 35.2 Å². The van der Waals surface area contributed by atoms with Crippen LogP contribution in [0.4, 0.5) is 4.79 Å². The fraction of sp³-hybridized carbons (Fsp3) is 0.850. The van der Waals surface area contributed by atoms with Gasteiger partial charge in [-0.15, -0.1) is 0 Å². The predicted octanol–water partition coefficient (Wildman–Crippen LogP) is 2.97. The summed E-state index contributed by atoms with van der Waals surface area (Å²) in [7, 11) is 1.33. The van der Waals surface area contributed by atoms with Gasteiger partial charge in [0.25, 0.3) is 0 Å². The minimum Gasteiger partial charge on any atom is -0.467 e. The third kappa shape index (κ3) is 6.40. The van der Waals surface area contributed by atoms with Gasteiger partial charge in [0.1, 0.15) is 17.7 Å². The maximum atomic E-state index is 13.3. The van der Waals surface area contributed by atoms with Crippen LogP contribution in [0.25, 0.3) is 0 Å². The first kappa shape index (κ1) is 23.2. The summed E-state index contributed by atoms with van der Waals surface area (Å²) >= 11 is 0. The van der Waals surface area contributed by atoms with Gasteiger partial charge in [-0.05, 0) is 44.4 Å². The molecule has 0 aromatic rings. The zero-order valence-electron chi connectivity index (χ0n) is 18.2. The number of carbonyl (C=O) groups excluding carboxylic acids is 3. The summed E-state index contributed by atoms with van der Waals surface area (Å²) in [5.41, 5.74) is -1.22. The molecule has 1 N–H and O–H groups in total. The molecule has 0 radical (unpaired) electrons. The average molecular weight is 385 g/mol. The number of rotatable bonds is 4. The van der Waals surface area contributed by atoms with E-state index in [9.17, 15) is 14.4 Å². The van der Waals surface area contributed by atoms with Crippen LogP contribution in [-0.2, 0) is 19.1 Å². The van der Waals surface area contributed by atoms with Gasteiger partial charge in [-0.1, -0.05) is 34.6 Å². The SMILES string of the molecule is COC(=O)C1CC(C(C)C)CN1C(=O)[C@@H](NC(=O)OC(C)(C)C)C(C)(C)C. The molecule has 3 atom stereocenters. The number of hydrogen-bond donors (Lipinski definition) is 1. The van der Waals surface area contributed by atoms with Crippen LogP contribution < -0.4 is 5.32 Å². The number of ether oxygens (including phenoxy) is 2. The normalized spacial score (nSPS) is 21.8. The second-order valence-corrected chi connectivity index (χ2v) is 9.71. The van der Waals surface area contributed by atoms with Crippen LogP contribution in [0.15, 0.2) is 0 Å². The molecule has 2 amide bonds. The molecule has 1 aliphatic heterocycles. The number of amides is 2. The summed E-state index contributed by atoms with van der Waals surface area (Å²) < 4.78 is 10.2. The fourth-order valence-electron chi connectivity index (χ4n) is 3.19. The third-order valence-electron chi connectivity index (χ3n) is 4.81. The van der Waals surface area contributed by atoms with E-state index in [1.54, 1.807) is 25.7 Å². The van der Waals surface area contributed by atoms with Gasteiger partial charge in [-0.25, -0.2) is 9.59 Å². The van der Waals surface area contributed by atoms with E-state index in [-0.39, 0.29) is 11.8 Å². The Balaban J connectivity index is 3.08. The number of alkyl carbamates (subject to hydrolysis) is 1. The van der Waals surface area contributed by atoms with Crippen molar-refractivity contribution in [1.29, 1.82) is 0 Å². The minimum absolute atomic E-state index is 0.209. The van der Waals surface area contributed by atoms with Gasteiger partial charge in [0.15, 0.2) is 0 Å². The molecule has 7 nitrogen and oxygen atoms in total. The van der Waals surface area contributed by atoms with Crippen molar-refractivity contribution in [3.05, 3.63) is 0 Å². The molecule has 0 spiro atoms. The van der Waals surface area contributed by atoms with Gasteiger partial charge in [0, 0.05) is 6.54 Å². The number of esters is 1. The molecular weight excluding hydrogens is 348 g/mol. The maximum absolute atomic E-state index is 13.3. The third-order valence-corrected chi connectivity index (χ3v) is 4.81. The highest BCUT2D eigenvalue weighted by Gasteiger charge is 2.46. The standard InChI is InChI=1S/C20H36N2O5/c1-12(2)13-10-14(17(24)26-9)22(11-13)16(23)15(19(3,4)5)21-18(25)27-20(6,7)8/h12-15H,10-11H2,1-9H3,(H,21,25)/t13?,14?,15-/m1/s1. The summed E-state index contributed by atoms with van der Waals surface area (Å²) in [6, 6.07) is -1.44. The van der Waals surface area contributed by atoms with Crippen LogP contribution >= 0.6 is 0 Å². The minimum atomic E-state index is -0.814. The highest BCUT2D eigenvalue weighted by atomic mass is 16.6. The highest BCUT2D eigenvalue weighted by Crippen LogP contribution is 2.32. The van der Waals surface area contributed by atoms with E-state index in [0.29, 0.717) is 18.9 Å². The average Bonchev–Trinajstić information content (AvgIpc) is 2.93. The number of methoxy groups -OCH3 is 1. The van der Waals surface area contributed by atoms with Crippen LogP contribution in [0.1, 0.15) is 61.8 Å². The Morgan fingerprint density at radius 2 is 1.63 bits per heavy atom. The number of hydrogen-bond acceptors (Lipinski definition) is 5. The molecule has 1 aliphatic rings. The molecule has 0 aromatic carbocycles. The van der Waals surface area contributed by atoms with E-state index >= 15 is 0 Å². The zero-order chi connectivity index (χ0) is 21.2. The Labute approximate surface area is 163 Å². The van der Waals surface area contributed by atoms with Crippen molar-refractivity contribution in [2.75, 3.05) is 13.7 Å². The Bertz CT molecular complexity index is 560. The molecule has 1 rings (SSSR count). The Hall–Kier alpha value is -1.79. The van der Waals surface area contributed by atoms with Gasteiger partial charge in [0.05, 0.1) is 7.11 Å². The van der Waals surface area contributed by atoms with Crippen molar-refractivity contribution in [3.63, 3.8) is 0 Å². The first-order valence-electron chi connectivity index (χ1n) is 9.55. The Kier molecular flexibility index (Phi) is 7.30. The van der Waals surface area contributed by atoms with Gasteiger partial charge >= 0.3 is 12.1 Å². The predicted molar refractivity (Wildman–Crippen MR) is 103 cm³/mol. The molecule has 1 fully saturated rings. The van der Waals surface area contributed by atoms with Crippen LogP contribution in [-0.4, -0.2) is 54.2 Å². The summed E-state index contributed by atoms with van der Waals surface area (Å²) in [4.78, 5) is 39.4. The highest BCUT2D eigenvalue weighted by molar-refractivity contribution is 5.90. The molecule has 0 aliphatic carbocycles. The van der Waals surface area contributed by atoms with E-state index in [0.717, 1.165) is 0 Å². The lowest BCUT2D eigenvalue weighted by Crippen LogP contribution is -2.57. The quantitative estimate of drug-likeness (QED) is 0.753. The van der Waals surface area contributed by atoms with E-state index in [1.165, 1.54) is 7.11 Å². The number of likely N-dealkylation sites (tertiary alicyclic amines) is 1. The van der Waals surface area contributed by atoms with E-state index in [2.05, 4.69) is 19.2 Å².